The SMILES string of the molecule is COc1cc(C(=O)NCCc2c[nH]c3ccccc23)cc(Cl)c1OC. The number of halogens is 1. The number of carbonyl (C=O) groups is 1. The number of methoxy groups -OCH3 is 2. The minimum atomic E-state index is -0.206. The molecule has 0 unspecified atom stereocenters. The fraction of sp³-hybridized carbons (Fsp3) is 0.211. The lowest BCUT2D eigenvalue weighted by Crippen LogP contribution is -2.25. The van der Waals surface area contributed by atoms with Crippen molar-refractivity contribution in [2.45, 2.75) is 6.42 Å². The highest BCUT2D eigenvalue weighted by molar-refractivity contribution is 6.32. The maximum absolute atomic E-state index is 12.4. The average molecular weight is 359 g/mol. The number of carbonyl (C=O) groups excluding carboxylic acids is 1. The summed E-state index contributed by atoms with van der Waals surface area (Å²) in [5.74, 6) is 0.638. The Labute approximate surface area is 150 Å². The molecule has 1 heterocycles. The molecule has 6 heteroatoms. The number of benzene rings is 2. The molecule has 1 aromatic heterocycles. The minimum absolute atomic E-state index is 0.206. The first-order valence-electron chi connectivity index (χ1n) is 7.88. The topological polar surface area (TPSA) is 63.3 Å². The van der Waals surface area contributed by atoms with Crippen LogP contribution in [0.2, 0.25) is 5.02 Å². The molecule has 0 aliphatic heterocycles. The largest absolute Gasteiger partial charge is 0.493 e. The Bertz CT molecular complexity index is 905. The molecule has 3 aromatic rings. The first-order chi connectivity index (χ1) is 12.1. The summed E-state index contributed by atoms with van der Waals surface area (Å²) in [5.41, 5.74) is 2.69. The van der Waals surface area contributed by atoms with Crippen LogP contribution in [0.3, 0.4) is 0 Å². The Balaban J connectivity index is 1.67. The molecule has 2 N–H and O–H groups in total. The maximum Gasteiger partial charge on any atom is 0.251 e. The molecule has 0 aliphatic carbocycles. The molecule has 0 spiro atoms. The molecule has 0 aliphatic rings. The Morgan fingerprint density at radius 2 is 2.00 bits per heavy atom. The highest BCUT2D eigenvalue weighted by Crippen LogP contribution is 2.35. The normalized spacial score (nSPS) is 10.7. The van der Waals surface area contributed by atoms with Gasteiger partial charge in [0.2, 0.25) is 0 Å². The Hall–Kier alpha value is -2.66. The molecule has 2 aromatic carbocycles. The Kier molecular flexibility index (Phi) is 5.14. The molecule has 0 atom stereocenters. The third kappa shape index (κ3) is 3.56. The first kappa shape index (κ1) is 17.2. The highest BCUT2D eigenvalue weighted by Gasteiger charge is 2.15. The quantitative estimate of drug-likeness (QED) is 0.704. The number of aromatic amines is 1. The highest BCUT2D eigenvalue weighted by atomic mass is 35.5. The van der Waals surface area contributed by atoms with Crippen molar-refractivity contribution in [3.63, 3.8) is 0 Å². The Morgan fingerprint density at radius 1 is 1.20 bits per heavy atom. The molecule has 5 nitrogen and oxygen atoms in total. The summed E-state index contributed by atoms with van der Waals surface area (Å²) in [4.78, 5) is 15.6. The van der Waals surface area contributed by atoms with Crippen molar-refractivity contribution in [3.8, 4) is 11.5 Å². The van der Waals surface area contributed by atoms with Crippen LogP contribution in [0.25, 0.3) is 10.9 Å². The molecule has 0 saturated heterocycles. The van der Waals surface area contributed by atoms with E-state index in [1.54, 1.807) is 12.1 Å². The fourth-order valence-corrected chi connectivity index (χ4v) is 3.09. The van der Waals surface area contributed by atoms with E-state index in [4.69, 9.17) is 21.1 Å². The number of H-pyrrole nitrogens is 1. The number of hydrogen-bond donors (Lipinski definition) is 2. The molecule has 0 radical (unpaired) electrons. The van der Waals surface area contributed by atoms with Crippen LogP contribution in [0.15, 0.2) is 42.6 Å². The van der Waals surface area contributed by atoms with Crippen LogP contribution in [0.5, 0.6) is 11.5 Å². The molecule has 0 saturated carbocycles. The van der Waals surface area contributed by atoms with Crippen LogP contribution in [-0.4, -0.2) is 31.7 Å². The number of aromatic nitrogens is 1. The number of amides is 1. The van der Waals surface area contributed by atoms with Crippen LogP contribution < -0.4 is 14.8 Å². The number of fused-ring (bicyclic) bond motifs is 1. The van der Waals surface area contributed by atoms with Crippen LogP contribution in [-0.2, 0) is 6.42 Å². The molecule has 130 valence electrons. The first-order valence-corrected chi connectivity index (χ1v) is 8.26. The third-order valence-electron chi connectivity index (χ3n) is 4.05. The van der Waals surface area contributed by atoms with Crippen molar-refractivity contribution in [2.24, 2.45) is 0 Å². The van der Waals surface area contributed by atoms with Gasteiger partial charge >= 0.3 is 0 Å². The molecule has 0 fully saturated rings. The molecule has 25 heavy (non-hydrogen) atoms. The predicted octanol–water partition coefficient (Wildman–Crippen LogP) is 3.81. The summed E-state index contributed by atoms with van der Waals surface area (Å²) in [7, 11) is 3.01. The van der Waals surface area contributed by atoms with Gasteiger partial charge in [-0.05, 0) is 30.2 Å². The summed E-state index contributed by atoms with van der Waals surface area (Å²) in [6, 6.07) is 11.3. The molecule has 1 amide bonds. The van der Waals surface area contributed by atoms with Crippen LogP contribution >= 0.6 is 11.6 Å². The van der Waals surface area contributed by atoms with Gasteiger partial charge < -0.3 is 19.8 Å². The third-order valence-corrected chi connectivity index (χ3v) is 4.33. The lowest BCUT2D eigenvalue weighted by Gasteiger charge is -2.12. The second-order valence-electron chi connectivity index (χ2n) is 5.56. The number of hydrogen-bond acceptors (Lipinski definition) is 3. The van der Waals surface area contributed by atoms with Crippen molar-refractivity contribution >= 4 is 28.4 Å². The standard InChI is InChI=1S/C19H19ClN2O3/c1-24-17-10-13(9-15(20)18(17)25-2)19(23)21-8-7-12-11-22-16-6-4-3-5-14(12)16/h3-6,9-11,22H,7-8H2,1-2H3,(H,21,23). The van der Waals surface area contributed by atoms with Crippen molar-refractivity contribution < 1.29 is 14.3 Å². The summed E-state index contributed by atoms with van der Waals surface area (Å²) in [5, 5.41) is 4.42. The van der Waals surface area contributed by atoms with E-state index >= 15 is 0 Å². The minimum Gasteiger partial charge on any atom is -0.493 e. The lowest BCUT2D eigenvalue weighted by atomic mass is 10.1. The van der Waals surface area contributed by atoms with Gasteiger partial charge in [-0.2, -0.15) is 0 Å². The zero-order chi connectivity index (χ0) is 17.8. The van der Waals surface area contributed by atoms with Crippen molar-refractivity contribution in [1.29, 1.82) is 0 Å². The van der Waals surface area contributed by atoms with Crippen LogP contribution in [0, 0.1) is 0 Å². The van der Waals surface area contributed by atoms with Gasteiger partial charge in [-0.3, -0.25) is 4.79 Å². The summed E-state index contributed by atoms with van der Waals surface area (Å²) >= 11 is 6.15. The van der Waals surface area contributed by atoms with Gasteiger partial charge in [0, 0.05) is 29.2 Å². The van der Waals surface area contributed by atoms with E-state index in [0.717, 1.165) is 11.9 Å². The van der Waals surface area contributed by atoms with E-state index < -0.39 is 0 Å². The number of nitrogens with one attached hydrogen (secondary N) is 2. The molecule has 3 rings (SSSR count). The van der Waals surface area contributed by atoms with Crippen molar-refractivity contribution in [2.75, 3.05) is 20.8 Å². The zero-order valence-electron chi connectivity index (χ0n) is 14.1. The number of ether oxygens (including phenoxy) is 2. The monoisotopic (exact) mass is 358 g/mol. The van der Waals surface area contributed by atoms with E-state index in [1.807, 2.05) is 24.4 Å². The van der Waals surface area contributed by atoms with Crippen LogP contribution in [0.4, 0.5) is 0 Å². The second-order valence-corrected chi connectivity index (χ2v) is 5.97. The van der Waals surface area contributed by atoms with Gasteiger partial charge in [-0.25, -0.2) is 0 Å². The van der Waals surface area contributed by atoms with Crippen LogP contribution in [0.1, 0.15) is 15.9 Å². The van der Waals surface area contributed by atoms with Crippen molar-refractivity contribution in [1.82, 2.24) is 10.3 Å². The summed E-state index contributed by atoms with van der Waals surface area (Å²) in [6.45, 7) is 0.520. The van der Waals surface area contributed by atoms with Gasteiger partial charge in [-0.1, -0.05) is 29.8 Å². The molecule has 0 bridgehead atoms. The van der Waals surface area contributed by atoms with E-state index in [-0.39, 0.29) is 5.91 Å². The Morgan fingerprint density at radius 3 is 2.76 bits per heavy atom. The number of rotatable bonds is 6. The van der Waals surface area contributed by atoms with E-state index in [9.17, 15) is 4.79 Å². The molecular formula is C19H19ClN2O3. The fourth-order valence-electron chi connectivity index (χ4n) is 2.80. The average Bonchev–Trinajstić information content (AvgIpc) is 3.04. The second kappa shape index (κ2) is 7.49. The summed E-state index contributed by atoms with van der Waals surface area (Å²) in [6.07, 6.45) is 2.71. The lowest BCUT2D eigenvalue weighted by molar-refractivity contribution is 0.0953. The maximum atomic E-state index is 12.4. The predicted molar refractivity (Wildman–Crippen MR) is 98.9 cm³/mol. The van der Waals surface area contributed by atoms with Gasteiger partial charge in [0.25, 0.3) is 5.91 Å². The van der Waals surface area contributed by atoms with Gasteiger partial charge in [0.05, 0.1) is 19.2 Å². The molecular weight excluding hydrogens is 340 g/mol. The van der Waals surface area contributed by atoms with Crippen molar-refractivity contribution in [3.05, 3.63) is 58.7 Å². The van der Waals surface area contributed by atoms with E-state index in [0.29, 0.717) is 28.6 Å². The van der Waals surface area contributed by atoms with Gasteiger partial charge in [-0.15, -0.1) is 0 Å². The van der Waals surface area contributed by atoms with E-state index in [2.05, 4.69) is 16.4 Å². The van der Waals surface area contributed by atoms with Gasteiger partial charge in [0.1, 0.15) is 0 Å². The smallest absolute Gasteiger partial charge is 0.251 e. The van der Waals surface area contributed by atoms with E-state index in [1.165, 1.54) is 25.2 Å². The zero-order valence-corrected chi connectivity index (χ0v) is 14.8. The van der Waals surface area contributed by atoms with Gasteiger partial charge in [0.15, 0.2) is 11.5 Å². The number of para-hydroxylation sites is 1. The summed E-state index contributed by atoms with van der Waals surface area (Å²) < 4.78 is 10.4.